The molecule has 8 aromatic carbocycles. The fraction of sp³-hybridized carbons (Fsp3) is 0.0870. The highest BCUT2D eigenvalue weighted by atomic mass is 32.1. The Morgan fingerprint density at radius 1 is 0.511 bits per heavy atom. The zero-order chi connectivity index (χ0) is 43.0. The molecule has 1 heteroatoms. The van der Waals surface area contributed by atoms with Gasteiger partial charge in [0.05, 0.1) is 17.8 Å². The first-order chi connectivity index (χ1) is 28.4. The highest BCUT2D eigenvalue weighted by Gasteiger charge is 2.21. The first-order valence-electron chi connectivity index (χ1n) is 21.9. The van der Waals surface area contributed by atoms with Crippen LogP contribution in [0.25, 0.3) is 85.9 Å². The van der Waals surface area contributed by atoms with Gasteiger partial charge in [0.2, 0.25) is 0 Å². The van der Waals surface area contributed by atoms with Crippen LogP contribution in [0.3, 0.4) is 0 Å². The normalized spacial score (nSPS) is 16.0. The summed E-state index contributed by atoms with van der Waals surface area (Å²) < 4.78 is 116. The molecule has 1 aromatic heterocycles. The average molecular weight is 632 g/mol. The molecule has 47 heavy (non-hydrogen) atoms. The van der Waals surface area contributed by atoms with E-state index in [2.05, 4.69) is 57.2 Å². The van der Waals surface area contributed by atoms with Crippen LogP contribution in [0.2, 0.25) is 0 Å². The molecule has 9 rings (SSSR count). The molecule has 0 aliphatic rings. The summed E-state index contributed by atoms with van der Waals surface area (Å²) in [6, 6.07) is 17.3. The van der Waals surface area contributed by atoms with Crippen LogP contribution in [-0.2, 0) is 5.41 Å². The van der Waals surface area contributed by atoms with Gasteiger partial charge in [-0.25, -0.2) is 0 Å². The van der Waals surface area contributed by atoms with E-state index in [0.29, 0.717) is 11.1 Å². The zero-order valence-electron chi connectivity index (χ0n) is 38.8. The minimum atomic E-state index is -0.596. The van der Waals surface area contributed by atoms with Crippen molar-refractivity contribution in [2.75, 3.05) is 0 Å². The number of thiophene rings is 1. The van der Waals surface area contributed by atoms with Crippen molar-refractivity contribution in [3.63, 3.8) is 0 Å². The molecule has 224 valence electrons. The first-order valence-corrected chi connectivity index (χ1v) is 16.2. The third-order valence-electron chi connectivity index (χ3n) is 8.89. The van der Waals surface area contributed by atoms with Crippen LogP contribution in [0.4, 0.5) is 0 Å². The summed E-state index contributed by atoms with van der Waals surface area (Å²) >= 11 is 0.821. The maximum atomic E-state index is 9.44. The lowest BCUT2D eigenvalue weighted by Gasteiger charge is -2.22. The van der Waals surface area contributed by atoms with E-state index < -0.39 is 72.5 Å². The summed E-state index contributed by atoms with van der Waals surface area (Å²) in [5.41, 5.74) is 3.08. The van der Waals surface area contributed by atoms with Gasteiger partial charge in [-0.1, -0.05) is 154 Å². The quantitative estimate of drug-likeness (QED) is 0.134. The summed E-state index contributed by atoms with van der Waals surface area (Å²) in [4.78, 5) is -0.0155. The molecule has 0 saturated carbocycles. The molecule has 0 bridgehead atoms. The fourth-order valence-electron chi connectivity index (χ4n) is 6.81. The van der Waals surface area contributed by atoms with E-state index in [0.717, 1.165) is 38.4 Å². The van der Waals surface area contributed by atoms with Gasteiger partial charge in [-0.2, -0.15) is 0 Å². The molecule has 0 unspecified atom stereocenters. The molecular formula is C46H34S. The van der Waals surface area contributed by atoms with Gasteiger partial charge in [0.25, 0.3) is 0 Å². The lowest BCUT2D eigenvalue weighted by atomic mass is 9.82. The second-order valence-corrected chi connectivity index (χ2v) is 13.7. The van der Waals surface area contributed by atoms with Crippen LogP contribution in [0.1, 0.15) is 44.2 Å². The molecule has 0 spiro atoms. The monoisotopic (exact) mass is 631 g/mol. The zero-order valence-corrected chi connectivity index (χ0v) is 26.7. The fourth-order valence-corrected chi connectivity index (χ4v) is 7.78. The number of rotatable bonds is 3. The molecule has 0 radical (unpaired) electrons. The Balaban J connectivity index is 1.45. The lowest BCUT2D eigenvalue weighted by molar-refractivity contribution is 0.596. The molecule has 1 heterocycles. The maximum Gasteiger partial charge on any atom is 0.0645 e. The maximum absolute atomic E-state index is 9.44. The molecule has 0 nitrogen and oxygen atoms in total. The largest absolute Gasteiger partial charge is 0.135 e. The molecule has 0 saturated heterocycles. The van der Waals surface area contributed by atoms with E-state index in [1.54, 1.807) is 12.1 Å². The van der Waals surface area contributed by atoms with E-state index >= 15 is 0 Å². The van der Waals surface area contributed by atoms with E-state index in [1.165, 1.54) is 5.56 Å². The van der Waals surface area contributed by atoms with Crippen LogP contribution in [0, 0.1) is 0 Å². The van der Waals surface area contributed by atoms with Crippen molar-refractivity contribution < 1.29 is 17.8 Å². The van der Waals surface area contributed by atoms with Crippen LogP contribution in [0.5, 0.6) is 0 Å². The molecule has 0 aliphatic heterocycles. The Kier molecular flexibility index (Phi) is 3.99. The van der Waals surface area contributed by atoms with Gasteiger partial charge in [-0.05, 0) is 99.9 Å². The lowest BCUT2D eigenvalue weighted by Crippen LogP contribution is -2.11. The van der Waals surface area contributed by atoms with Crippen molar-refractivity contribution in [1.29, 1.82) is 0 Å². The van der Waals surface area contributed by atoms with Crippen molar-refractivity contribution >= 4 is 64.5 Å². The van der Waals surface area contributed by atoms with Crippen LogP contribution in [-0.4, -0.2) is 0 Å². The SMILES string of the molecule is [2H]c1c([2H])c([2H])c2c([2H])c(-c3c4c([2H])c([2H])c([2H])c([2H])c4c(-c4ccccc4-c4ccc5c(ccc6c(C(C)(C)C)cccc65)c4)c4c([2H])c([2H])c([2H])c([2H])c34)sc2c1[2H]. The molecule has 0 atom stereocenters. The Morgan fingerprint density at radius 3 is 1.87 bits per heavy atom. The molecule has 9 aromatic rings. The van der Waals surface area contributed by atoms with Crippen molar-refractivity contribution in [3.05, 3.63) is 157 Å². The molecule has 0 aliphatic carbocycles. The Bertz CT molecular complexity index is 3320. The minimum absolute atomic E-state index is 0.0155. The molecule has 0 fully saturated rings. The van der Waals surface area contributed by atoms with Gasteiger partial charge in [0.1, 0.15) is 0 Å². The van der Waals surface area contributed by atoms with Crippen molar-refractivity contribution in [2.24, 2.45) is 0 Å². The van der Waals surface area contributed by atoms with Crippen LogP contribution >= 0.6 is 11.3 Å². The Labute approximate surface area is 297 Å². The highest BCUT2D eigenvalue weighted by molar-refractivity contribution is 7.22. The third kappa shape index (κ3) is 4.49. The second kappa shape index (κ2) is 10.7. The van der Waals surface area contributed by atoms with E-state index in [-0.39, 0.29) is 59.1 Å². The average Bonchev–Trinajstić information content (AvgIpc) is 3.58. The smallest absolute Gasteiger partial charge is 0.0645 e. The van der Waals surface area contributed by atoms with Gasteiger partial charge < -0.3 is 0 Å². The number of benzene rings is 8. The van der Waals surface area contributed by atoms with E-state index in [9.17, 15) is 6.85 Å². The second-order valence-electron chi connectivity index (χ2n) is 12.7. The van der Waals surface area contributed by atoms with Gasteiger partial charge in [0.15, 0.2) is 0 Å². The summed E-state index contributed by atoms with van der Waals surface area (Å²) in [6.07, 6.45) is 0. The van der Waals surface area contributed by atoms with Gasteiger partial charge in [-0.3, -0.25) is 0 Å². The summed E-state index contributed by atoms with van der Waals surface area (Å²) in [7, 11) is 0. The summed E-state index contributed by atoms with van der Waals surface area (Å²) in [6.45, 7) is 6.55. The number of fused-ring (bicyclic) bond motifs is 6. The molecule has 0 N–H and O–H groups in total. The van der Waals surface area contributed by atoms with Crippen LogP contribution < -0.4 is 0 Å². The van der Waals surface area contributed by atoms with Gasteiger partial charge in [-0.15, -0.1) is 11.3 Å². The van der Waals surface area contributed by atoms with E-state index in [1.807, 2.05) is 24.3 Å². The highest BCUT2D eigenvalue weighted by Crippen LogP contribution is 2.48. The number of hydrogen-bond donors (Lipinski definition) is 0. The topological polar surface area (TPSA) is 0 Å². The first kappa shape index (κ1) is 17.6. The van der Waals surface area contributed by atoms with Gasteiger partial charge in [0, 0.05) is 15.1 Å². The van der Waals surface area contributed by atoms with E-state index in [4.69, 9.17) is 11.0 Å². The number of hydrogen-bond acceptors (Lipinski definition) is 1. The van der Waals surface area contributed by atoms with Crippen LogP contribution in [0.15, 0.2) is 151 Å². The predicted molar refractivity (Wildman–Crippen MR) is 207 cm³/mol. The van der Waals surface area contributed by atoms with Gasteiger partial charge >= 0.3 is 0 Å². The molecular weight excluding hydrogens is 585 g/mol. The standard InChI is InChI=1S/C46H34S/c1-46(2,3)41-21-12-20-34-33-25-23-29(27-30(33)24-26-35(34)41)32-14-5-6-15-36(32)44-37-16-7-9-18-39(37)45(40-19-10-8-17-38(40)44)43-28-31-13-4-11-22-42(31)47-43/h4-28H,1-3H3/i4D,7D,8D,9D,10D,11D,13D,16D,17D,18D,19D,22D,28D. The molecule has 0 amide bonds. The summed E-state index contributed by atoms with van der Waals surface area (Å²) in [5.74, 6) is 0. The van der Waals surface area contributed by atoms with Crippen molar-refractivity contribution in [2.45, 2.75) is 26.2 Å². The Morgan fingerprint density at radius 2 is 1.15 bits per heavy atom. The third-order valence-corrected chi connectivity index (χ3v) is 9.91. The Hall–Kier alpha value is -5.24. The van der Waals surface area contributed by atoms with Crippen molar-refractivity contribution in [1.82, 2.24) is 0 Å². The summed E-state index contributed by atoms with van der Waals surface area (Å²) in [5, 5.41) is 3.89. The predicted octanol–water partition coefficient (Wildman–Crippen LogP) is 13.8. The minimum Gasteiger partial charge on any atom is -0.135 e. The van der Waals surface area contributed by atoms with Crippen molar-refractivity contribution in [3.8, 4) is 32.7 Å².